The maximum absolute atomic E-state index is 11.6. The molecule has 1 atom stereocenters. The fraction of sp³-hybridized carbons (Fsp3) is 0.727. The third kappa shape index (κ3) is 3.47. The summed E-state index contributed by atoms with van der Waals surface area (Å²) in [6, 6.07) is -0.0236. The first-order chi connectivity index (χ1) is 9.41. The Balaban J connectivity index is 2.22. The summed E-state index contributed by atoms with van der Waals surface area (Å²) >= 11 is 0. The Labute approximate surface area is 118 Å². The van der Waals surface area contributed by atoms with E-state index in [-0.39, 0.29) is 29.5 Å². The predicted molar refractivity (Wildman–Crippen MR) is 75.5 cm³/mol. The molecule has 0 aliphatic carbocycles. The van der Waals surface area contributed by atoms with Gasteiger partial charge in [0.15, 0.2) is 9.84 Å². The lowest BCUT2D eigenvalue weighted by Gasteiger charge is -2.33. The largest absolute Gasteiger partial charge is 0.463 e. The van der Waals surface area contributed by atoms with Crippen LogP contribution in [0, 0.1) is 0 Å². The van der Waals surface area contributed by atoms with Crippen LogP contribution in [0.1, 0.15) is 20.3 Å². The standard InChI is InChI=1S/C11H19N5O3S/c1-3-5-19-11-14-9(12)13-10(15-11)16-4-6-20(17,18)7-8(16)2/h8H,3-7H2,1-2H3,(H2,12,13,14,15). The summed E-state index contributed by atoms with van der Waals surface area (Å²) in [6.45, 7) is 4.64. The predicted octanol–water partition coefficient (Wildman–Crippen LogP) is -0.134. The van der Waals surface area contributed by atoms with Gasteiger partial charge in [-0.15, -0.1) is 0 Å². The van der Waals surface area contributed by atoms with Crippen molar-refractivity contribution in [1.82, 2.24) is 15.0 Å². The average molecular weight is 301 g/mol. The number of anilines is 2. The fourth-order valence-corrected chi connectivity index (χ4v) is 3.60. The minimum atomic E-state index is -2.98. The van der Waals surface area contributed by atoms with Crippen molar-refractivity contribution in [1.29, 1.82) is 0 Å². The molecule has 2 heterocycles. The number of sulfone groups is 1. The second-order valence-corrected chi connectivity index (χ2v) is 7.01. The molecule has 20 heavy (non-hydrogen) atoms. The molecule has 1 aliphatic heterocycles. The van der Waals surface area contributed by atoms with Gasteiger partial charge in [0.25, 0.3) is 0 Å². The van der Waals surface area contributed by atoms with Gasteiger partial charge in [0, 0.05) is 12.6 Å². The molecule has 0 spiro atoms. The Kier molecular flexibility index (Phi) is 4.26. The highest BCUT2D eigenvalue weighted by Crippen LogP contribution is 2.20. The van der Waals surface area contributed by atoms with E-state index in [1.807, 2.05) is 18.7 Å². The van der Waals surface area contributed by atoms with Gasteiger partial charge in [0.1, 0.15) is 0 Å². The maximum atomic E-state index is 11.6. The van der Waals surface area contributed by atoms with Crippen LogP contribution in [-0.2, 0) is 9.84 Å². The summed E-state index contributed by atoms with van der Waals surface area (Å²) in [5.41, 5.74) is 5.65. The first-order valence-corrected chi connectivity index (χ1v) is 8.35. The SMILES string of the molecule is CCCOc1nc(N)nc(N2CCS(=O)(=O)CC2C)n1. The van der Waals surface area contributed by atoms with Crippen molar-refractivity contribution in [3.05, 3.63) is 0 Å². The van der Waals surface area contributed by atoms with E-state index in [4.69, 9.17) is 10.5 Å². The van der Waals surface area contributed by atoms with Gasteiger partial charge in [-0.2, -0.15) is 15.0 Å². The lowest BCUT2D eigenvalue weighted by molar-refractivity contribution is 0.291. The molecule has 0 amide bonds. The fourth-order valence-electron chi connectivity index (χ4n) is 2.04. The number of nitrogen functional groups attached to an aromatic ring is 1. The minimum absolute atomic E-state index is 0.0710. The van der Waals surface area contributed by atoms with Gasteiger partial charge in [-0.05, 0) is 13.3 Å². The lowest BCUT2D eigenvalue weighted by Crippen LogP contribution is -2.47. The van der Waals surface area contributed by atoms with Gasteiger partial charge in [-0.1, -0.05) is 6.92 Å². The Bertz CT molecular complexity index is 577. The molecule has 1 unspecified atom stereocenters. The van der Waals surface area contributed by atoms with Gasteiger partial charge >= 0.3 is 6.01 Å². The summed E-state index contributed by atoms with van der Waals surface area (Å²) in [5, 5.41) is 0. The van der Waals surface area contributed by atoms with Crippen LogP contribution >= 0.6 is 0 Å². The number of rotatable bonds is 4. The zero-order valence-electron chi connectivity index (χ0n) is 11.6. The van der Waals surface area contributed by atoms with Crippen LogP contribution in [0.25, 0.3) is 0 Å². The summed E-state index contributed by atoms with van der Waals surface area (Å²) in [7, 11) is -2.98. The van der Waals surface area contributed by atoms with Crippen LogP contribution < -0.4 is 15.4 Å². The zero-order chi connectivity index (χ0) is 14.8. The van der Waals surface area contributed by atoms with Crippen molar-refractivity contribution >= 4 is 21.7 Å². The van der Waals surface area contributed by atoms with Gasteiger partial charge in [-0.3, -0.25) is 0 Å². The van der Waals surface area contributed by atoms with E-state index in [9.17, 15) is 8.42 Å². The van der Waals surface area contributed by atoms with E-state index in [0.717, 1.165) is 6.42 Å². The van der Waals surface area contributed by atoms with Gasteiger partial charge in [0.05, 0.1) is 18.1 Å². The van der Waals surface area contributed by atoms with E-state index in [2.05, 4.69) is 15.0 Å². The Morgan fingerprint density at radius 3 is 2.80 bits per heavy atom. The van der Waals surface area contributed by atoms with E-state index < -0.39 is 9.84 Å². The van der Waals surface area contributed by atoms with Gasteiger partial charge in [0.2, 0.25) is 11.9 Å². The van der Waals surface area contributed by atoms with E-state index >= 15 is 0 Å². The minimum Gasteiger partial charge on any atom is -0.463 e. The number of hydrogen-bond donors (Lipinski definition) is 1. The maximum Gasteiger partial charge on any atom is 0.323 e. The van der Waals surface area contributed by atoms with Crippen LogP contribution in [0.4, 0.5) is 11.9 Å². The lowest BCUT2D eigenvalue weighted by atomic mass is 10.3. The summed E-state index contributed by atoms with van der Waals surface area (Å²) in [6.07, 6.45) is 0.833. The number of ether oxygens (including phenoxy) is 1. The van der Waals surface area contributed by atoms with Crippen molar-refractivity contribution < 1.29 is 13.2 Å². The van der Waals surface area contributed by atoms with Gasteiger partial charge in [-0.25, -0.2) is 8.42 Å². The molecule has 1 aromatic heterocycles. The van der Waals surface area contributed by atoms with Crippen LogP contribution in [0.3, 0.4) is 0 Å². The normalized spacial score (nSPS) is 21.7. The molecule has 0 bridgehead atoms. The van der Waals surface area contributed by atoms with Crippen molar-refractivity contribution in [3.8, 4) is 6.01 Å². The summed E-state index contributed by atoms with van der Waals surface area (Å²) < 4.78 is 28.5. The van der Waals surface area contributed by atoms with E-state index in [1.165, 1.54) is 0 Å². The molecule has 2 N–H and O–H groups in total. The molecule has 1 aromatic rings. The van der Waals surface area contributed by atoms with Crippen molar-refractivity contribution in [2.75, 3.05) is 35.3 Å². The molecular formula is C11H19N5O3S. The highest BCUT2D eigenvalue weighted by Gasteiger charge is 2.30. The molecule has 1 saturated heterocycles. The smallest absolute Gasteiger partial charge is 0.323 e. The molecule has 0 aromatic carbocycles. The molecule has 9 heteroatoms. The van der Waals surface area contributed by atoms with Gasteiger partial charge < -0.3 is 15.4 Å². The van der Waals surface area contributed by atoms with Crippen LogP contribution in [-0.4, -0.2) is 54.1 Å². The average Bonchev–Trinajstić information content (AvgIpc) is 2.34. The summed E-state index contributed by atoms with van der Waals surface area (Å²) in [5.74, 6) is 0.616. The molecule has 8 nitrogen and oxygen atoms in total. The topological polar surface area (TPSA) is 111 Å². The van der Waals surface area contributed by atoms with Crippen molar-refractivity contribution in [3.63, 3.8) is 0 Å². The quantitative estimate of drug-likeness (QED) is 0.818. The monoisotopic (exact) mass is 301 g/mol. The summed E-state index contributed by atoms with van der Waals surface area (Å²) in [4.78, 5) is 14.0. The highest BCUT2D eigenvalue weighted by molar-refractivity contribution is 7.91. The third-order valence-electron chi connectivity index (χ3n) is 2.98. The number of aromatic nitrogens is 3. The second-order valence-electron chi connectivity index (χ2n) is 4.78. The Morgan fingerprint density at radius 1 is 1.40 bits per heavy atom. The molecular weight excluding hydrogens is 282 g/mol. The van der Waals surface area contributed by atoms with Crippen LogP contribution in [0.5, 0.6) is 6.01 Å². The Hall–Kier alpha value is -1.64. The first kappa shape index (κ1) is 14.8. The van der Waals surface area contributed by atoms with Crippen LogP contribution in [0.15, 0.2) is 0 Å². The molecule has 2 rings (SSSR count). The second kappa shape index (κ2) is 5.78. The zero-order valence-corrected chi connectivity index (χ0v) is 12.4. The molecule has 0 saturated carbocycles. The number of hydrogen-bond acceptors (Lipinski definition) is 8. The Morgan fingerprint density at radius 2 is 2.15 bits per heavy atom. The molecule has 1 fully saturated rings. The third-order valence-corrected chi connectivity index (χ3v) is 4.78. The van der Waals surface area contributed by atoms with Crippen molar-refractivity contribution in [2.45, 2.75) is 26.3 Å². The van der Waals surface area contributed by atoms with Crippen LogP contribution in [0.2, 0.25) is 0 Å². The number of nitrogens with zero attached hydrogens (tertiary/aromatic N) is 4. The number of nitrogens with two attached hydrogens (primary N) is 1. The molecule has 112 valence electrons. The molecule has 1 aliphatic rings. The highest BCUT2D eigenvalue weighted by atomic mass is 32.2. The van der Waals surface area contributed by atoms with E-state index in [0.29, 0.717) is 19.1 Å². The van der Waals surface area contributed by atoms with E-state index in [1.54, 1.807) is 0 Å². The van der Waals surface area contributed by atoms with Crippen molar-refractivity contribution in [2.24, 2.45) is 0 Å². The first-order valence-electron chi connectivity index (χ1n) is 6.52. The molecule has 0 radical (unpaired) electrons.